The highest BCUT2D eigenvalue weighted by Gasteiger charge is 2.19. The highest BCUT2D eigenvalue weighted by molar-refractivity contribution is 5.37. The minimum absolute atomic E-state index is 0.0900. The second kappa shape index (κ2) is 6.57. The van der Waals surface area contributed by atoms with Gasteiger partial charge in [-0.3, -0.25) is 4.90 Å². The first kappa shape index (κ1) is 13.9. The molecule has 1 atom stereocenters. The van der Waals surface area contributed by atoms with Gasteiger partial charge in [-0.05, 0) is 43.0 Å². The van der Waals surface area contributed by atoms with Crippen LogP contribution in [0, 0.1) is 5.92 Å². The van der Waals surface area contributed by atoms with Crippen molar-refractivity contribution in [3.8, 4) is 5.75 Å². The Morgan fingerprint density at radius 1 is 1.30 bits per heavy atom. The topological polar surface area (TPSA) is 41.9 Å². The summed E-state index contributed by atoms with van der Waals surface area (Å²) in [6, 6.07) is 5.98. The summed E-state index contributed by atoms with van der Waals surface area (Å²) in [5.41, 5.74) is 2.15. The van der Waals surface area contributed by atoms with Crippen molar-refractivity contribution in [1.82, 2.24) is 4.90 Å². The molecule has 2 aliphatic rings. The monoisotopic (exact) mass is 277 g/mol. The number of nitrogens with zero attached hydrogens (tertiary/aromatic N) is 1. The number of aliphatic hydroxyl groups excluding tert-OH is 1. The average Bonchev–Trinajstić information content (AvgIpc) is 2.91. The Morgan fingerprint density at radius 3 is 3.05 bits per heavy atom. The van der Waals surface area contributed by atoms with E-state index < -0.39 is 0 Å². The molecule has 20 heavy (non-hydrogen) atoms. The Labute approximate surface area is 120 Å². The van der Waals surface area contributed by atoms with Crippen LogP contribution < -0.4 is 4.74 Å². The molecule has 2 aliphatic heterocycles. The van der Waals surface area contributed by atoms with Gasteiger partial charge in [0.25, 0.3) is 0 Å². The molecule has 0 amide bonds. The maximum absolute atomic E-state index is 9.25. The van der Waals surface area contributed by atoms with E-state index in [-0.39, 0.29) is 6.61 Å². The van der Waals surface area contributed by atoms with Gasteiger partial charge in [0.2, 0.25) is 0 Å². The number of ether oxygens (including phenoxy) is 2. The molecule has 2 heterocycles. The van der Waals surface area contributed by atoms with Crippen LogP contribution in [0.3, 0.4) is 0 Å². The van der Waals surface area contributed by atoms with E-state index >= 15 is 0 Å². The van der Waals surface area contributed by atoms with Crippen LogP contribution in [0.2, 0.25) is 0 Å². The maximum Gasteiger partial charge on any atom is 0.123 e. The molecule has 0 bridgehead atoms. The van der Waals surface area contributed by atoms with E-state index in [9.17, 15) is 5.11 Å². The van der Waals surface area contributed by atoms with Gasteiger partial charge in [0, 0.05) is 31.9 Å². The largest absolute Gasteiger partial charge is 0.492 e. The Hall–Kier alpha value is -1.10. The minimum Gasteiger partial charge on any atom is -0.492 e. The van der Waals surface area contributed by atoms with Crippen molar-refractivity contribution in [3.63, 3.8) is 0 Å². The van der Waals surface area contributed by atoms with Gasteiger partial charge in [0.1, 0.15) is 12.4 Å². The van der Waals surface area contributed by atoms with Gasteiger partial charge in [0.15, 0.2) is 0 Å². The molecule has 1 aromatic rings. The fourth-order valence-electron chi connectivity index (χ4n) is 2.97. The average molecular weight is 277 g/mol. The first-order valence-corrected chi connectivity index (χ1v) is 7.50. The molecule has 1 saturated heterocycles. The van der Waals surface area contributed by atoms with Gasteiger partial charge in [-0.2, -0.15) is 0 Å². The van der Waals surface area contributed by atoms with Gasteiger partial charge < -0.3 is 14.6 Å². The third kappa shape index (κ3) is 3.32. The molecule has 0 radical (unpaired) electrons. The van der Waals surface area contributed by atoms with Crippen LogP contribution in [0.1, 0.15) is 24.0 Å². The van der Waals surface area contributed by atoms with Gasteiger partial charge in [0.05, 0.1) is 6.61 Å². The molecule has 1 unspecified atom stereocenters. The normalized spacial score (nSPS) is 23.1. The van der Waals surface area contributed by atoms with Crippen LogP contribution in [-0.4, -0.2) is 42.9 Å². The van der Waals surface area contributed by atoms with E-state index in [1.54, 1.807) is 0 Å². The van der Waals surface area contributed by atoms with Crippen LogP contribution >= 0.6 is 0 Å². The summed E-state index contributed by atoms with van der Waals surface area (Å²) in [7, 11) is 0. The smallest absolute Gasteiger partial charge is 0.123 e. The zero-order valence-electron chi connectivity index (χ0n) is 11.9. The second-order valence-electron chi connectivity index (χ2n) is 5.74. The van der Waals surface area contributed by atoms with E-state index in [4.69, 9.17) is 9.47 Å². The lowest BCUT2D eigenvalue weighted by molar-refractivity contribution is 0.174. The number of hydrogen-bond acceptors (Lipinski definition) is 4. The number of aliphatic hydroxyl groups is 1. The van der Waals surface area contributed by atoms with E-state index in [1.807, 2.05) is 12.1 Å². The van der Waals surface area contributed by atoms with Crippen LogP contribution in [0.25, 0.3) is 0 Å². The number of fused-ring (bicyclic) bond motifs is 1. The third-order valence-electron chi connectivity index (χ3n) is 4.24. The Kier molecular flexibility index (Phi) is 4.55. The van der Waals surface area contributed by atoms with Gasteiger partial charge in [-0.1, -0.05) is 6.07 Å². The van der Waals surface area contributed by atoms with Crippen molar-refractivity contribution in [1.29, 1.82) is 0 Å². The molecule has 0 saturated carbocycles. The quantitative estimate of drug-likeness (QED) is 0.911. The SMILES string of the molecule is OCc1ccc2c(c1)CN(CCC1CCOC1)CCO2. The summed E-state index contributed by atoms with van der Waals surface area (Å²) in [6.45, 7) is 5.67. The highest BCUT2D eigenvalue weighted by atomic mass is 16.5. The van der Waals surface area contributed by atoms with Crippen LogP contribution in [0.4, 0.5) is 0 Å². The lowest BCUT2D eigenvalue weighted by Crippen LogP contribution is -2.28. The van der Waals surface area contributed by atoms with Crippen LogP contribution in [0.15, 0.2) is 18.2 Å². The van der Waals surface area contributed by atoms with Gasteiger partial charge >= 0.3 is 0 Å². The van der Waals surface area contributed by atoms with Crippen molar-refractivity contribution in [2.75, 3.05) is 32.9 Å². The summed E-state index contributed by atoms with van der Waals surface area (Å²) in [6.07, 6.45) is 2.41. The number of rotatable bonds is 4. The summed E-state index contributed by atoms with van der Waals surface area (Å²) >= 11 is 0. The number of hydrogen-bond donors (Lipinski definition) is 1. The summed E-state index contributed by atoms with van der Waals surface area (Å²) in [5, 5.41) is 9.25. The zero-order valence-corrected chi connectivity index (χ0v) is 11.9. The molecule has 4 nitrogen and oxygen atoms in total. The van der Waals surface area contributed by atoms with Crippen LogP contribution in [-0.2, 0) is 17.9 Å². The molecule has 1 N–H and O–H groups in total. The first-order chi connectivity index (χ1) is 9.85. The van der Waals surface area contributed by atoms with Crippen molar-refractivity contribution >= 4 is 0 Å². The number of benzene rings is 1. The Bertz CT molecular complexity index is 443. The second-order valence-corrected chi connectivity index (χ2v) is 5.74. The molecule has 4 heteroatoms. The molecule has 0 aliphatic carbocycles. The summed E-state index contributed by atoms with van der Waals surface area (Å²) in [5.74, 6) is 1.69. The molecule has 1 aromatic carbocycles. The minimum atomic E-state index is 0.0900. The van der Waals surface area contributed by atoms with Crippen molar-refractivity contribution < 1.29 is 14.6 Å². The fourth-order valence-corrected chi connectivity index (χ4v) is 2.97. The van der Waals surface area contributed by atoms with E-state index in [0.717, 1.165) is 56.7 Å². The lowest BCUT2D eigenvalue weighted by atomic mass is 10.0. The van der Waals surface area contributed by atoms with Crippen LogP contribution in [0.5, 0.6) is 5.75 Å². The molecule has 0 aromatic heterocycles. The maximum atomic E-state index is 9.25. The molecule has 1 fully saturated rings. The van der Waals surface area contributed by atoms with E-state index in [2.05, 4.69) is 11.0 Å². The van der Waals surface area contributed by atoms with Gasteiger partial charge in [-0.15, -0.1) is 0 Å². The molecular formula is C16H23NO3. The van der Waals surface area contributed by atoms with E-state index in [1.165, 1.54) is 18.4 Å². The predicted octanol–water partition coefficient (Wildman–Crippen LogP) is 1.80. The summed E-state index contributed by atoms with van der Waals surface area (Å²) in [4.78, 5) is 2.45. The standard InChI is InChI=1S/C16H23NO3/c18-11-14-1-2-16-15(9-14)10-17(6-8-20-16)5-3-13-4-7-19-12-13/h1-2,9,13,18H,3-8,10-12H2. The Morgan fingerprint density at radius 2 is 2.25 bits per heavy atom. The van der Waals surface area contributed by atoms with E-state index in [0.29, 0.717) is 0 Å². The molecule has 110 valence electrons. The predicted molar refractivity (Wildman–Crippen MR) is 76.7 cm³/mol. The highest BCUT2D eigenvalue weighted by Crippen LogP contribution is 2.25. The molecule has 3 rings (SSSR count). The van der Waals surface area contributed by atoms with Crippen molar-refractivity contribution in [2.24, 2.45) is 5.92 Å². The fraction of sp³-hybridized carbons (Fsp3) is 0.625. The summed E-state index contributed by atoms with van der Waals surface area (Å²) < 4.78 is 11.2. The molecule has 0 spiro atoms. The van der Waals surface area contributed by atoms with Crippen molar-refractivity contribution in [2.45, 2.75) is 26.0 Å². The van der Waals surface area contributed by atoms with Crippen molar-refractivity contribution in [3.05, 3.63) is 29.3 Å². The molecular weight excluding hydrogens is 254 g/mol. The lowest BCUT2D eigenvalue weighted by Gasteiger charge is -2.20. The van der Waals surface area contributed by atoms with Gasteiger partial charge in [-0.25, -0.2) is 0 Å². The zero-order chi connectivity index (χ0) is 13.8. The third-order valence-corrected chi connectivity index (χ3v) is 4.24. The first-order valence-electron chi connectivity index (χ1n) is 7.50. The Balaban J connectivity index is 1.62.